The first-order chi connectivity index (χ1) is 15.8. The van der Waals surface area contributed by atoms with Gasteiger partial charge in [0.25, 0.3) is 5.91 Å². The fourth-order valence-corrected chi connectivity index (χ4v) is 4.99. The zero-order valence-electron chi connectivity index (χ0n) is 17.0. The van der Waals surface area contributed by atoms with Crippen LogP contribution in [0.4, 0.5) is 17.6 Å². The van der Waals surface area contributed by atoms with Crippen molar-refractivity contribution in [2.24, 2.45) is 0 Å². The van der Waals surface area contributed by atoms with E-state index in [1.54, 1.807) is 6.07 Å². The topological polar surface area (TPSA) is 75.4 Å². The first-order valence-electron chi connectivity index (χ1n) is 10.3. The molecule has 1 saturated heterocycles. The number of hydrogen-bond donors (Lipinski definition) is 1. The van der Waals surface area contributed by atoms with Crippen molar-refractivity contribution in [1.82, 2.24) is 14.7 Å². The third-order valence-electron chi connectivity index (χ3n) is 6.34. The fourth-order valence-electron chi connectivity index (χ4n) is 4.99. The monoisotopic (exact) mass is 459 g/mol. The maximum absolute atomic E-state index is 14.2. The number of halogens is 4. The summed E-state index contributed by atoms with van der Waals surface area (Å²) < 4.78 is 57.6. The van der Waals surface area contributed by atoms with E-state index in [4.69, 9.17) is 0 Å². The lowest BCUT2D eigenvalue weighted by atomic mass is 9.79. The van der Waals surface area contributed by atoms with Gasteiger partial charge in [-0.25, -0.2) is 17.6 Å². The van der Waals surface area contributed by atoms with Crippen molar-refractivity contribution in [2.45, 2.75) is 30.8 Å². The number of aromatic hydroxyl groups is 1. The van der Waals surface area contributed by atoms with Gasteiger partial charge >= 0.3 is 0 Å². The second-order valence-electron chi connectivity index (χ2n) is 8.18. The molecule has 1 aromatic heterocycles. The number of carbonyl (C=O) groups excluding carboxylic acids is 1. The molecule has 2 aliphatic rings. The van der Waals surface area contributed by atoms with Crippen LogP contribution in [0.3, 0.4) is 0 Å². The highest BCUT2D eigenvalue weighted by Crippen LogP contribution is 2.46. The van der Waals surface area contributed by atoms with Crippen molar-refractivity contribution in [1.29, 1.82) is 0 Å². The quantitative estimate of drug-likeness (QED) is 0.481. The predicted octanol–water partition coefficient (Wildman–Crippen LogP) is 3.50. The number of rotatable bonds is 3. The molecule has 33 heavy (non-hydrogen) atoms. The lowest BCUT2D eigenvalue weighted by molar-refractivity contribution is 0.0564. The van der Waals surface area contributed by atoms with Gasteiger partial charge < -0.3 is 10.0 Å². The van der Waals surface area contributed by atoms with Crippen molar-refractivity contribution in [2.75, 3.05) is 6.54 Å². The molecule has 0 bridgehead atoms. The van der Waals surface area contributed by atoms with E-state index in [1.807, 2.05) is 0 Å². The Kier molecular flexibility index (Phi) is 4.95. The first kappa shape index (κ1) is 21.2. The van der Waals surface area contributed by atoms with Gasteiger partial charge in [-0.1, -0.05) is 12.1 Å². The van der Waals surface area contributed by atoms with Crippen LogP contribution < -0.4 is 5.43 Å². The molecule has 2 aromatic carbocycles. The smallest absolute Gasteiger partial charge is 0.276 e. The van der Waals surface area contributed by atoms with Crippen molar-refractivity contribution in [3.05, 3.63) is 92.9 Å². The maximum atomic E-state index is 14.2. The molecule has 1 amide bonds. The third-order valence-corrected chi connectivity index (χ3v) is 6.34. The largest absolute Gasteiger partial charge is 0.502 e. The molecule has 3 aromatic rings. The Labute approximate surface area is 184 Å². The summed E-state index contributed by atoms with van der Waals surface area (Å²) in [4.78, 5) is 26.6. The average Bonchev–Trinajstić information content (AvgIpc) is 3.27. The average molecular weight is 459 g/mol. The van der Waals surface area contributed by atoms with E-state index in [-0.39, 0.29) is 11.3 Å². The molecule has 1 N–H and O–H groups in total. The normalized spacial score (nSPS) is 20.5. The van der Waals surface area contributed by atoms with Gasteiger partial charge in [0.15, 0.2) is 28.9 Å². The Bertz CT molecular complexity index is 1320. The van der Waals surface area contributed by atoms with E-state index >= 15 is 0 Å². The standard InChI is InChI=1S/C23H17F4N3O3/c24-13-4-1-3-11(7-13)18(12-8-14(25)19(27)15(26)9-12)20-16-5-2-6-29(16)23(33)21-22(32)17(31)10-28-30(20)21/h1,3-4,7-10,16,18,20,32H,2,5-6H2/t16-,18+,20-/m1/s1. The fraction of sp³-hybridized carbons (Fsp3) is 0.261. The Hall–Kier alpha value is -3.69. The van der Waals surface area contributed by atoms with Gasteiger partial charge in [-0.15, -0.1) is 0 Å². The molecular weight excluding hydrogens is 442 g/mol. The van der Waals surface area contributed by atoms with Gasteiger partial charge in [0, 0.05) is 12.5 Å². The minimum atomic E-state index is -1.64. The number of hydrogen-bond acceptors (Lipinski definition) is 4. The van der Waals surface area contributed by atoms with E-state index in [9.17, 15) is 32.3 Å². The van der Waals surface area contributed by atoms with Crippen molar-refractivity contribution >= 4 is 5.91 Å². The van der Waals surface area contributed by atoms with Crippen LogP contribution in [0.2, 0.25) is 0 Å². The molecule has 0 saturated carbocycles. The van der Waals surface area contributed by atoms with Crippen LogP contribution in [0.1, 0.15) is 46.4 Å². The molecule has 3 heterocycles. The van der Waals surface area contributed by atoms with Gasteiger partial charge in [0.1, 0.15) is 5.82 Å². The zero-order chi connectivity index (χ0) is 23.4. The Morgan fingerprint density at radius 2 is 1.76 bits per heavy atom. The van der Waals surface area contributed by atoms with Gasteiger partial charge in [0.05, 0.1) is 18.3 Å². The van der Waals surface area contributed by atoms with Crippen LogP contribution in [0.25, 0.3) is 0 Å². The van der Waals surface area contributed by atoms with Crippen molar-refractivity contribution in [3.8, 4) is 5.75 Å². The second-order valence-corrected chi connectivity index (χ2v) is 8.18. The highest BCUT2D eigenvalue weighted by molar-refractivity contribution is 5.96. The number of benzene rings is 2. The van der Waals surface area contributed by atoms with Crippen LogP contribution in [0.5, 0.6) is 5.75 Å². The number of fused-ring (bicyclic) bond motifs is 2. The minimum absolute atomic E-state index is 0.00543. The summed E-state index contributed by atoms with van der Waals surface area (Å²) >= 11 is 0. The van der Waals surface area contributed by atoms with Gasteiger partial charge in [-0.05, 0) is 48.2 Å². The highest BCUT2D eigenvalue weighted by Gasteiger charge is 2.48. The van der Waals surface area contributed by atoms with E-state index in [0.717, 1.165) is 18.3 Å². The van der Waals surface area contributed by atoms with E-state index in [0.29, 0.717) is 24.9 Å². The van der Waals surface area contributed by atoms with E-state index < -0.39 is 58.4 Å². The van der Waals surface area contributed by atoms with Crippen LogP contribution >= 0.6 is 0 Å². The molecule has 0 spiro atoms. The summed E-state index contributed by atoms with van der Waals surface area (Å²) in [5.74, 6) is -7.46. The van der Waals surface area contributed by atoms with Crippen LogP contribution in [-0.4, -0.2) is 38.3 Å². The molecule has 5 rings (SSSR count). The first-order valence-corrected chi connectivity index (χ1v) is 10.3. The summed E-state index contributed by atoms with van der Waals surface area (Å²) in [5.41, 5.74) is -0.908. The summed E-state index contributed by atoms with van der Waals surface area (Å²) in [5, 5.41) is 14.5. The van der Waals surface area contributed by atoms with Crippen LogP contribution in [-0.2, 0) is 0 Å². The van der Waals surface area contributed by atoms with E-state index in [2.05, 4.69) is 5.10 Å². The second kappa shape index (κ2) is 7.72. The summed E-state index contributed by atoms with van der Waals surface area (Å²) in [7, 11) is 0. The molecular formula is C23H17F4N3O3. The Morgan fingerprint density at radius 3 is 2.45 bits per heavy atom. The van der Waals surface area contributed by atoms with Crippen LogP contribution in [0.15, 0.2) is 47.4 Å². The summed E-state index contributed by atoms with van der Waals surface area (Å²) in [6, 6.07) is 5.62. The molecule has 0 unspecified atom stereocenters. The van der Waals surface area contributed by atoms with E-state index in [1.165, 1.54) is 27.8 Å². The van der Waals surface area contributed by atoms with Gasteiger partial charge in [-0.3, -0.25) is 14.3 Å². The molecule has 2 aliphatic heterocycles. The van der Waals surface area contributed by atoms with Gasteiger partial charge in [-0.2, -0.15) is 5.10 Å². The predicted molar refractivity (Wildman–Crippen MR) is 108 cm³/mol. The molecule has 3 atom stereocenters. The van der Waals surface area contributed by atoms with Crippen LogP contribution in [0, 0.1) is 23.3 Å². The molecule has 170 valence electrons. The highest BCUT2D eigenvalue weighted by atomic mass is 19.2. The SMILES string of the molecule is O=C1c2c(O)c(=O)cnn2[C@@H]([C@@H](c2cccc(F)c2)c2cc(F)c(F)c(F)c2)[C@H]2CCCN12. The number of amides is 1. The minimum Gasteiger partial charge on any atom is -0.502 e. The lowest BCUT2D eigenvalue weighted by Gasteiger charge is -2.42. The molecule has 0 aliphatic carbocycles. The van der Waals surface area contributed by atoms with Gasteiger partial charge in [0.2, 0.25) is 5.43 Å². The molecule has 10 heteroatoms. The van der Waals surface area contributed by atoms with Crippen molar-refractivity contribution in [3.63, 3.8) is 0 Å². The lowest BCUT2D eigenvalue weighted by Crippen LogP contribution is -2.50. The molecule has 1 fully saturated rings. The Balaban J connectivity index is 1.81. The van der Waals surface area contributed by atoms with Crippen molar-refractivity contribution < 1.29 is 27.5 Å². The number of nitrogens with zero attached hydrogens (tertiary/aromatic N) is 3. The number of aromatic nitrogens is 2. The maximum Gasteiger partial charge on any atom is 0.276 e. The summed E-state index contributed by atoms with van der Waals surface area (Å²) in [6.07, 6.45) is 1.95. The summed E-state index contributed by atoms with van der Waals surface area (Å²) in [6.45, 7) is 0.338. The molecule has 6 nitrogen and oxygen atoms in total. The zero-order valence-corrected chi connectivity index (χ0v) is 17.0. The third kappa shape index (κ3) is 3.28. The Morgan fingerprint density at radius 1 is 1.03 bits per heavy atom. The molecule has 0 radical (unpaired) electrons. The number of carbonyl (C=O) groups is 1.